The number of benzene rings is 1. The lowest BCUT2D eigenvalue weighted by molar-refractivity contribution is 0.867. The number of aryl methyl sites for hydroxylation is 1. The van der Waals surface area contributed by atoms with E-state index < -0.39 is 0 Å². The zero-order valence-electron chi connectivity index (χ0n) is 11.9. The van der Waals surface area contributed by atoms with Crippen LogP contribution in [0.25, 0.3) is 0 Å². The molecule has 0 aliphatic heterocycles. The quantitative estimate of drug-likeness (QED) is 0.787. The van der Waals surface area contributed by atoms with Crippen LogP contribution >= 0.6 is 0 Å². The van der Waals surface area contributed by atoms with Crippen molar-refractivity contribution in [2.45, 2.75) is 19.9 Å². The van der Waals surface area contributed by atoms with Crippen LogP contribution in [-0.2, 0) is 0 Å². The van der Waals surface area contributed by atoms with E-state index in [1.165, 1.54) is 5.56 Å². The van der Waals surface area contributed by atoms with Crippen molar-refractivity contribution in [1.82, 2.24) is 9.97 Å². The summed E-state index contributed by atoms with van der Waals surface area (Å²) in [6.45, 7) is 8.37. The first-order valence-electron chi connectivity index (χ1n) is 6.71. The van der Waals surface area contributed by atoms with E-state index in [2.05, 4.69) is 46.2 Å². The van der Waals surface area contributed by atoms with E-state index in [9.17, 15) is 0 Å². The smallest absolute Gasteiger partial charge is 0.132 e. The predicted octanol–water partition coefficient (Wildman–Crippen LogP) is 3.56. The molecule has 0 bridgehead atoms. The molecule has 2 aromatic rings. The lowest BCUT2D eigenvalue weighted by atomic mass is 10.1. The number of hydrogen-bond donors (Lipinski definition) is 2. The van der Waals surface area contributed by atoms with Gasteiger partial charge in [0.05, 0.1) is 0 Å². The Labute approximate surface area is 120 Å². The molecule has 0 amide bonds. The second-order valence-electron chi connectivity index (χ2n) is 4.63. The summed E-state index contributed by atoms with van der Waals surface area (Å²) < 4.78 is 0. The standard InChI is InChI=1S/C16H20N4/c1-4-10-17-15-11-16(20-13(3)19-15)18-12(2)14-8-6-5-7-9-14/h4-9,11-12H,1,10H2,2-3H3,(H2,17,18,19,20). The van der Waals surface area contributed by atoms with Gasteiger partial charge in [0.1, 0.15) is 17.5 Å². The van der Waals surface area contributed by atoms with Gasteiger partial charge in [0.25, 0.3) is 0 Å². The van der Waals surface area contributed by atoms with E-state index in [0.717, 1.165) is 17.5 Å². The van der Waals surface area contributed by atoms with E-state index >= 15 is 0 Å². The first kappa shape index (κ1) is 14.1. The van der Waals surface area contributed by atoms with Gasteiger partial charge < -0.3 is 10.6 Å². The van der Waals surface area contributed by atoms with Gasteiger partial charge in [-0.05, 0) is 19.4 Å². The summed E-state index contributed by atoms with van der Waals surface area (Å²) in [6, 6.07) is 12.4. The summed E-state index contributed by atoms with van der Waals surface area (Å²) in [4.78, 5) is 8.76. The van der Waals surface area contributed by atoms with E-state index in [1.807, 2.05) is 31.2 Å². The third kappa shape index (κ3) is 3.82. The molecule has 1 heterocycles. The molecule has 0 radical (unpaired) electrons. The number of nitrogens with one attached hydrogen (secondary N) is 2. The van der Waals surface area contributed by atoms with Crippen LogP contribution in [0.1, 0.15) is 24.4 Å². The van der Waals surface area contributed by atoms with Gasteiger partial charge in [-0.25, -0.2) is 9.97 Å². The highest BCUT2D eigenvalue weighted by atomic mass is 15.1. The Balaban J connectivity index is 2.12. The van der Waals surface area contributed by atoms with Crippen LogP contribution < -0.4 is 10.6 Å². The highest BCUT2D eigenvalue weighted by molar-refractivity contribution is 5.49. The fraction of sp³-hybridized carbons (Fsp3) is 0.250. The fourth-order valence-electron chi connectivity index (χ4n) is 1.96. The zero-order chi connectivity index (χ0) is 14.4. The van der Waals surface area contributed by atoms with Crippen molar-refractivity contribution < 1.29 is 0 Å². The van der Waals surface area contributed by atoms with Crippen molar-refractivity contribution in [2.75, 3.05) is 17.2 Å². The van der Waals surface area contributed by atoms with Crippen molar-refractivity contribution in [1.29, 1.82) is 0 Å². The summed E-state index contributed by atoms with van der Waals surface area (Å²) in [6.07, 6.45) is 1.80. The van der Waals surface area contributed by atoms with Crippen molar-refractivity contribution in [3.05, 3.63) is 60.4 Å². The Morgan fingerprint density at radius 1 is 1.20 bits per heavy atom. The number of nitrogens with zero attached hydrogens (tertiary/aromatic N) is 2. The molecule has 0 saturated heterocycles. The van der Waals surface area contributed by atoms with Gasteiger partial charge in [0.15, 0.2) is 0 Å². The van der Waals surface area contributed by atoms with Crippen LogP contribution in [-0.4, -0.2) is 16.5 Å². The lowest BCUT2D eigenvalue weighted by Gasteiger charge is -2.16. The minimum absolute atomic E-state index is 0.192. The molecule has 2 N–H and O–H groups in total. The van der Waals surface area contributed by atoms with Gasteiger partial charge in [-0.2, -0.15) is 0 Å². The lowest BCUT2D eigenvalue weighted by Crippen LogP contribution is -2.10. The predicted molar refractivity (Wildman–Crippen MR) is 83.9 cm³/mol. The van der Waals surface area contributed by atoms with Crippen LogP contribution in [0.3, 0.4) is 0 Å². The maximum atomic E-state index is 4.42. The zero-order valence-corrected chi connectivity index (χ0v) is 11.9. The summed E-state index contributed by atoms with van der Waals surface area (Å²) in [5.74, 6) is 2.36. The number of hydrogen-bond acceptors (Lipinski definition) is 4. The molecular weight excluding hydrogens is 248 g/mol. The average Bonchev–Trinajstić information content (AvgIpc) is 2.45. The first-order valence-corrected chi connectivity index (χ1v) is 6.71. The maximum absolute atomic E-state index is 4.42. The van der Waals surface area contributed by atoms with E-state index in [0.29, 0.717) is 6.54 Å². The molecule has 0 fully saturated rings. The van der Waals surface area contributed by atoms with Gasteiger partial charge in [-0.15, -0.1) is 6.58 Å². The Morgan fingerprint density at radius 3 is 2.60 bits per heavy atom. The molecule has 0 aliphatic rings. The number of aromatic nitrogens is 2. The molecule has 2 rings (SSSR count). The van der Waals surface area contributed by atoms with Crippen molar-refractivity contribution >= 4 is 11.6 Å². The van der Waals surface area contributed by atoms with Crippen LogP contribution in [0.2, 0.25) is 0 Å². The number of anilines is 2. The second kappa shape index (κ2) is 6.70. The molecule has 104 valence electrons. The topological polar surface area (TPSA) is 49.8 Å². The highest BCUT2D eigenvalue weighted by Crippen LogP contribution is 2.19. The Bertz CT molecular complexity index is 566. The summed E-state index contributed by atoms with van der Waals surface area (Å²) in [7, 11) is 0. The van der Waals surface area contributed by atoms with Gasteiger partial charge >= 0.3 is 0 Å². The van der Waals surface area contributed by atoms with Gasteiger partial charge in [0.2, 0.25) is 0 Å². The second-order valence-corrected chi connectivity index (χ2v) is 4.63. The average molecular weight is 268 g/mol. The van der Waals surface area contributed by atoms with Crippen molar-refractivity contribution in [3.8, 4) is 0 Å². The van der Waals surface area contributed by atoms with Crippen molar-refractivity contribution in [2.24, 2.45) is 0 Å². The largest absolute Gasteiger partial charge is 0.366 e. The molecule has 4 nitrogen and oxygen atoms in total. The Kier molecular flexibility index (Phi) is 4.71. The fourth-order valence-corrected chi connectivity index (χ4v) is 1.96. The SMILES string of the molecule is C=CCNc1cc(NC(C)c2ccccc2)nc(C)n1. The molecule has 1 unspecified atom stereocenters. The minimum Gasteiger partial charge on any atom is -0.366 e. The summed E-state index contributed by atoms with van der Waals surface area (Å²) >= 11 is 0. The molecule has 20 heavy (non-hydrogen) atoms. The molecule has 0 saturated carbocycles. The summed E-state index contributed by atoms with van der Waals surface area (Å²) in [5, 5.41) is 6.58. The van der Waals surface area contributed by atoms with E-state index in [-0.39, 0.29) is 6.04 Å². The van der Waals surface area contributed by atoms with Gasteiger partial charge in [-0.3, -0.25) is 0 Å². The van der Waals surface area contributed by atoms with Crippen LogP contribution in [0, 0.1) is 6.92 Å². The molecule has 0 spiro atoms. The monoisotopic (exact) mass is 268 g/mol. The first-order chi connectivity index (χ1) is 9.69. The van der Waals surface area contributed by atoms with Crippen LogP contribution in [0.4, 0.5) is 11.6 Å². The molecular formula is C16H20N4. The molecule has 4 heteroatoms. The molecule has 0 aliphatic carbocycles. The van der Waals surface area contributed by atoms with E-state index in [4.69, 9.17) is 0 Å². The Hall–Kier alpha value is -2.36. The maximum Gasteiger partial charge on any atom is 0.132 e. The van der Waals surface area contributed by atoms with E-state index in [1.54, 1.807) is 6.08 Å². The third-order valence-electron chi connectivity index (χ3n) is 2.93. The van der Waals surface area contributed by atoms with Crippen molar-refractivity contribution in [3.63, 3.8) is 0 Å². The van der Waals surface area contributed by atoms with Gasteiger partial charge in [-0.1, -0.05) is 36.4 Å². The molecule has 1 aromatic heterocycles. The van der Waals surface area contributed by atoms with Crippen LogP contribution in [0.15, 0.2) is 49.1 Å². The Morgan fingerprint density at radius 2 is 1.90 bits per heavy atom. The minimum atomic E-state index is 0.192. The normalized spacial score (nSPS) is 11.7. The van der Waals surface area contributed by atoms with Crippen LogP contribution in [0.5, 0.6) is 0 Å². The molecule has 1 aromatic carbocycles. The van der Waals surface area contributed by atoms with Gasteiger partial charge in [0, 0.05) is 18.7 Å². The molecule has 1 atom stereocenters. The third-order valence-corrected chi connectivity index (χ3v) is 2.93. The highest BCUT2D eigenvalue weighted by Gasteiger charge is 2.07. The number of rotatable bonds is 6. The summed E-state index contributed by atoms with van der Waals surface area (Å²) in [5.41, 5.74) is 1.23.